The maximum absolute atomic E-state index is 13.6. The third-order valence-electron chi connectivity index (χ3n) is 9.00. The molecule has 0 aliphatic carbocycles. The molecule has 280 valence electrons. The summed E-state index contributed by atoms with van der Waals surface area (Å²) in [4.78, 5) is 40.2. The van der Waals surface area contributed by atoms with Crippen molar-refractivity contribution in [1.29, 1.82) is 0 Å². The molecule has 1 saturated heterocycles. The van der Waals surface area contributed by atoms with Crippen LogP contribution in [0.3, 0.4) is 0 Å². The third-order valence-corrected chi connectivity index (χ3v) is 10.4. The fraction of sp³-hybridized carbons (Fsp3) is 0.641. The molecule has 3 amide bonds. The number of alkyl carbamates (subject to hydrolysis) is 1. The van der Waals surface area contributed by atoms with Crippen LogP contribution in [-0.4, -0.2) is 60.4 Å². The van der Waals surface area contributed by atoms with E-state index in [4.69, 9.17) is 14.2 Å². The van der Waals surface area contributed by atoms with Crippen LogP contribution in [0, 0.1) is 0 Å². The molecule has 2 aromatic rings. The van der Waals surface area contributed by atoms with Gasteiger partial charge in [0.05, 0.1) is 12.7 Å². The van der Waals surface area contributed by atoms with Gasteiger partial charge < -0.3 is 31.9 Å². The largest absolute Gasteiger partial charge is 1.00 e. The Morgan fingerprint density at radius 1 is 0.800 bits per heavy atom. The zero-order valence-electron chi connectivity index (χ0n) is 30.5. The number of methoxy groups -OCH3 is 1. The molecular weight excluding hydrogens is 674 g/mol. The minimum Gasteiger partial charge on any atom is -1.00 e. The van der Waals surface area contributed by atoms with Crippen molar-refractivity contribution < 1.29 is 45.6 Å². The molecule has 0 radical (unpaired) electrons. The molecule has 2 atom stereocenters. The van der Waals surface area contributed by atoms with Gasteiger partial charge in [0.1, 0.15) is 32.1 Å². The summed E-state index contributed by atoms with van der Waals surface area (Å²) >= 11 is 1.63. The van der Waals surface area contributed by atoms with Crippen molar-refractivity contribution in [3.63, 3.8) is 0 Å². The average Bonchev–Trinajstić information content (AvgIpc) is 3.11. The number of aryl methyl sites for hydroxylation is 1. The number of aromatic nitrogens is 1. The average molecular weight is 734 g/mol. The number of nitrogens with zero attached hydrogens (tertiary/aromatic N) is 2. The molecule has 0 bridgehead atoms. The summed E-state index contributed by atoms with van der Waals surface area (Å²) in [6.07, 6.45) is 19.9. The number of carbonyl (C=O) groups excluding carboxylic acids is 3. The Morgan fingerprint density at radius 2 is 1.36 bits per heavy atom. The van der Waals surface area contributed by atoms with Gasteiger partial charge in [0, 0.05) is 29.2 Å². The summed E-state index contributed by atoms with van der Waals surface area (Å²) in [5, 5.41) is 3.11. The lowest BCUT2D eigenvalue weighted by atomic mass is 10.0. The predicted octanol–water partition coefficient (Wildman–Crippen LogP) is 5.87. The van der Waals surface area contributed by atoms with Gasteiger partial charge >= 0.3 is 12.2 Å². The molecule has 11 heteroatoms. The van der Waals surface area contributed by atoms with Gasteiger partial charge in [0.25, 0.3) is 5.91 Å². The van der Waals surface area contributed by atoms with Crippen LogP contribution in [0.1, 0.15) is 126 Å². The van der Waals surface area contributed by atoms with Gasteiger partial charge in [-0.1, -0.05) is 109 Å². The Morgan fingerprint density at radius 3 is 1.96 bits per heavy atom. The van der Waals surface area contributed by atoms with E-state index in [1.165, 1.54) is 84.2 Å². The van der Waals surface area contributed by atoms with E-state index in [1.807, 2.05) is 35.9 Å². The predicted molar refractivity (Wildman–Crippen MR) is 196 cm³/mol. The van der Waals surface area contributed by atoms with Gasteiger partial charge in [-0.2, -0.15) is 0 Å². The topological polar surface area (TPSA) is 98.0 Å². The molecular formula is C39H60ClN3O6S. The molecule has 2 heterocycles. The lowest BCUT2D eigenvalue weighted by Gasteiger charge is -2.34. The number of thioether (sulfide) groups is 1. The van der Waals surface area contributed by atoms with Crippen LogP contribution in [0.4, 0.5) is 9.59 Å². The van der Waals surface area contributed by atoms with E-state index in [-0.39, 0.29) is 42.2 Å². The number of benzene rings is 1. The second kappa shape index (κ2) is 25.9. The van der Waals surface area contributed by atoms with E-state index in [0.717, 1.165) is 29.9 Å². The van der Waals surface area contributed by atoms with E-state index in [1.54, 1.807) is 36.0 Å². The number of unbranched alkanes of at least 4 members (excludes halogenated alkanes) is 13. The Balaban J connectivity index is 0.00000867. The van der Waals surface area contributed by atoms with Crippen LogP contribution in [-0.2, 0) is 22.6 Å². The first kappa shape index (κ1) is 43.2. The number of carbonyl (C=O) groups is 3. The van der Waals surface area contributed by atoms with E-state index < -0.39 is 12.0 Å². The molecule has 2 unspecified atom stereocenters. The Bertz CT molecular complexity index is 1260. The van der Waals surface area contributed by atoms with Crippen LogP contribution in [0.25, 0.3) is 0 Å². The van der Waals surface area contributed by atoms with Crippen molar-refractivity contribution in [2.24, 2.45) is 0 Å². The third kappa shape index (κ3) is 15.9. The van der Waals surface area contributed by atoms with E-state index in [2.05, 4.69) is 12.2 Å². The van der Waals surface area contributed by atoms with E-state index in [9.17, 15) is 14.4 Å². The molecule has 50 heavy (non-hydrogen) atoms. The minimum atomic E-state index is -0.703. The fourth-order valence-corrected chi connectivity index (χ4v) is 7.22. The quantitative estimate of drug-likeness (QED) is 0.107. The summed E-state index contributed by atoms with van der Waals surface area (Å²) in [5.74, 6) is -0.0932. The van der Waals surface area contributed by atoms with Gasteiger partial charge in [-0.05, 0) is 31.9 Å². The maximum Gasteiger partial charge on any atom is 0.417 e. The molecule has 1 aromatic heterocycles. The summed E-state index contributed by atoms with van der Waals surface area (Å²) in [6.45, 7) is 6.16. The van der Waals surface area contributed by atoms with Crippen LogP contribution in [0.2, 0.25) is 0 Å². The highest BCUT2D eigenvalue weighted by molar-refractivity contribution is 8.01. The number of ether oxygens (including phenoxy) is 3. The highest BCUT2D eigenvalue weighted by Gasteiger charge is 2.34. The molecule has 1 aromatic carbocycles. The number of halogens is 1. The first-order chi connectivity index (χ1) is 24.0. The molecule has 1 aliphatic rings. The fourth-order valence-electron chi connectivity index (χ4n) is 6.05. The first-order valence-electron chi connectivity index (χ1n) is 18.6. The molecule has 1 N–H and O–H groups in total. The molecule has 1 fully saturated rings. The van der Waals surface area contributed by atoms with Crippen molar-refractivity contribution in [2.75, 3.05) is 26.9 Å². The van der Waals surface area contributed by atoms with Crippen LogP contribution in [0.15, 0.2) is 48.7 Å². The molecule has 0 saturated carbocycles. The van der Waals surface area contributed by atoms with Crippen molar-refractivity contribution >= 4 is 29.9 Å². The highest BCUT2D eigenvalue weighted by atomic mass is 35.5. The maximum atomic E-state index is 13.6. The Kier molecular flexibility index (Phi) is 22.4. The first-order valence-corrected chi connectivity index (χ1v) is 19.6. The number of nitrogens with one attached hydrogen (secondary N) is 1. The SMILES string of the molecule is CCCCCCCCCCCCCCCCNC(=O)OCC1CC(COC(=O)N(Cc2cccc[n+]2CC)C(=O)c2ccccc2OC)S1.[Cl-]. The van der Waals surface area contributed by atoms with Gasteiger partial charge in [-0.15, -0.1) is 11.8 Å². The molecule has 3 rings (SSSR count). The Hall–Kier alpha value is -2.98. The second-order valence-electron chi connectivity index (χ2n) is 12.9. The Labute approximate surface area is 311 Å². The monoisotopic (exact) mass is 733 g/mol. The van der Waals surface area contributed by atoms with Gasteiger partial charge in [0.2, 0.25) is 5.69 Å². The van der Waals surface area contributed by atoms with Gasteiger partial charge in [-0.3, -0.25) is 4.79 Å². The second-order valence-corrected chi connectivity index (χ2v) is 14.5. The van der Waals surface area contributed by atoms with Crippen LogP contribution < -0.4 is 27.0 Å². The van der Waals surface area contributed by atoms with Gasteiger partial charge in [-0.25, -0.2) is 19.1 Å². The van der Waals surface area contributed by atoms with Crippen LogP contribution in [0.5, 0.6) is 5.75 Å². The lowest BCUT2D eigenvalue weighted by Crippen LogP contribution is -3.00. The number of amides is 3. The highest BCUT2D eigenvalue weighted by Crippen LogP contribution is 2.37. The summed E-state index contributed by atoms with van der Waals surface area (Å²) in [5.41, 5.74) is 1.10. The summed E-state index contributed by atoms with van der Waals surface area (Å²) < 4.78 is 18.4. The minimum absolute atomic E-state index is 0. The number of pyridine rings is 1. The summed E-state index contributed by atoms with van der Waals surface area (Å²) in [6, 6.07) is 12.5. The number of rotatable bonds is 24. The standard InChI is InChI=1S/C39H59N3O6S.ClH/c1-4-6-7-8-9-10-11-12-13-14-15-16-17-21-26-40-38(44)47-30-33-28-34(49-33)31-48-39(45)42(29-32-23-20-22-27-41(32)5-2)37(43)35-24-18-19-25-36(35)46-3;/h18-20,22-25,27,33-34H,4-17,21,26,28-31H2,1-3H3;1H. The smallest absolute Gasteiger partial charge is 0.417 e. The number of imide groups is 1. The lowest BCUT2D eigenvalue weighted by molar-refractivity contribution is -0.701. The van der Waals surface area contributed by atoms with Crippen molar-refractivity contribution in [3.8, 4) is 5.75 Å². The van der Waals surface area contributed by atoms with Crippen molar-refractivity contribution in [2.45, 2.75) is 134 Å². The molecule has 0 spiro atoms. The number of hydrogen-bond acceptors (Lipinski definition) is 7. The number of hydrogen-bond donors (Lipinski definition) is 1. The van der Waals surface area contributed by atoms with Crippen molar-refractivity contribution in [1.82, 2.24) is 10.2 Å². The van der Waals surface area contributed by atoms with E-state index in [0.29, 0.717) is 31.0 Å². The zero-order chi connectivity index (χ0) is 35.1. The van der Waals surface area contributed by atoms with Crippen LogP contribution >= 0.6 is 11.8 Å². The number of para-hydroxylation sites is 1. The zero-order valence-corrected chi connectivity index (χ0v) is 32.1. The normalized spacial score (nSPS) is 14.9. The summed E-state index contributed by atoms with van der Waals surface area (Å²) in [7, 11) is 1.50. The van der Waals surface area contributed by atoms with Crippen molar-refractivity contribution in [3.05, 3.63) is 59.9 Å². The molecule has 1 aliphatic heterocycles. The van der Waals surface area contributed by atoms with Gasteiger partial charge in [0.15, 0.2) is 6.20 Å². The van der Waals surface area contributed by atoms with E-state index >= 15 is 0 Å². The molecule has 9 nitrogen and oxygen atoms in total.